The van der Waals surface area contributed by atoms with Crippen LogP contribution in [0.2, 0.25) is 0 Å². The highest BCUT2D eigenvalue weighted by Gasteiger charge is 2.16. The Balaban J connectivity index is 1.77. The minimum Gasteiger partial charge on any atom is -0.376 e. The van der Waals surface area contributed by atoms with Crippen molar-refractivity contribution in [1.29, 1.82) is 0 Å². The molecule has 0 radical (unpaired) electrons. The van der Waals surface area contributed by atoms with Crippen molar-refractivity contribution in [3.63, 3.8) is 0 Å². The van der Waals surface area contributed by atoms with Crippen LogP contribution in [0.5, 0.6) is 0 Å². The summed E-state index contributed by atoms with van der Waals surface area (Å²) in [4.78, 5) is 22.9. The Morgan fingerprint density at radius 2 is 1.79 bits per heavy atom. The number of amides is 1. The summed E-state index contributed by atoms with van der Waals surface area (Å²) >= 11 is 0. The second kappa shape index (κ2) is 6.36. The summed E-state index contributed by atoms with van der Waals surface area (Å²) < 4.78 is 0. The topological polar surface area (TPSA) is 58.2 Å². The molecule has 2 N–H and O–H groups in total. The van der Waals surface area contributed by atoms with E-state index >= 15 is 0 Å². The first-order chi connectivity index (χ1) is 9.15. The van der Waals surface area contributed by atoms with Crippen molar-refractivity contribution < 1.29 is 9.59 Å². The molecule has 1 aromatic rings. The molecule has 4 nitrogen and oxygen atoms in total. The Hall–Kier alpha value is -1.84. The lowest BCUT2D eigenvalue weighted by Gasteiger charge is -2.12. The zero-order valence-electron chi connectivity index (χ0n) is 11.2. The van der Waals surface area contributed by atoms with E-state index in [9.17, 15) is 9.59 Å². The van der Waals surface area contributed by atoms with Gasteiger partial charge in [0, 0.05) is 17.3 Å². The van der Waals surface area contributed by atoms with E-state index in [2.05, 4.69) is 10.6 Å². The predicted octanol–water partition coefficient (Wildman–Crippen LogP) is 2.36. The van der Waals surface area contributed by atoms with Crippen LogP contribution in [-0.4, -0.2) is 24.3 Å². The molecular weight excluding hydrogens is 240 g/mol. The number of carbonyl (C=O) groups is 2. The maximum Gasteiger partial charge on any atom is 0.239 e. The predicted molar refractivity (Wildman–Crippen MR) is 75.3 cm³/mol. The van der Waals surface area contributed by atoms with E-state index in [1.54, 1.807) is 12.1 Å². The van der Waals surface area contributed by atoms with E-state index in [1.165, 1.54) is 19.8 Å². The van der Waals surface area contributed by atoms with Gasteiger partial charge in [0.1, 0.15) is 0 Å². The number of rotatable bonds is 5. The van der Waals surface area contributed by atoms with E-state index in [4.69, 9.17) is 0 Å². The largest absolute Gasteiger partial charge is 0.376 e. The van der Waals surface area contributed by atoms with Crippen LogP contribution >= 0.6 is 0 Å². The molecule has 1 fully saturated rings. The average molecular weight is 260 g/mol. The van der Waals surface area contributed by atoms with Gasteiger partial charge < -0.3 is 10.6 Å². The van der Waals surface area contributed by atoms with Gasteiger partial charge >= 0.3 is 0 Å². The molecular formula is C15H20N2O2. The number of carbonyl (C=O) groups excluding carboxylic acids is 2. The second-order valence-corrected chi connectivity index (χ2v) is 5.04. The summed E-state index contributed by atoms with van der Waals surface area (Å²) in [6.45, 7) is 1.81. The van der Waals surface area contributed by atoms with Gasteiger partial charge in [-0.05, 0) is 44.0 Å². The normalized spacial score (nSPS) is 15.2. The van der Waals surface area contributed by atoms with Gasteiger partial charge in [-0.25, -0.2) is 0 Å². The van der Waals surface area contributed by atoms with Crippen molar-refractivity contribution >= 4 is 17.4 Å². The average Bonchev–Trinajstić information content (AvgIpc) is 2.89. The Morgan fingerprint density at radius 1 is 1.16 bits per heavy atom. The van der Waals surface area contributed by atoms with E-state index < -0.39 is 0 Å². The van der Waals surface area contributed by atoms with Gasteiger partial charge in [0.2, 0.25) is 5.91 Å². The van der Waals surface area contributed by atoms with Crippen molar-refractivity contribution in [2.24, 2.45) is 0 Å². The SMILES string of the molecule is CC(=O)c1ccc(NCC(=O)NC2CCCC2)cc1. The molecule has 0 saturated heterocycles. The number of hydrogen-bond donors (Lipinski definition) is 2. The third-order valence-electron chi connectivity index (χ3n) is 3.46. The third kappa shape index (κ3) is 4.09. The smallest absolute Gasteiger partial charge is 0.239 e. The van der Waals surface area contributed by atoms with Gasteiger partial charge in [-0.15, -0.1) is 0 Å². The highest BCUT2D eigenvalue weighted by atomic mass is 16.2. The molecule has 0 atom stereocenters. The van der Waals surface area contributed by atoms with Crippen LogP contribution in [0.4, 0.5) is 5.69 Å². The number of anilines is 1. The third-order valence-corrected chi connectivity index (χ3v) is 3.46. The number of nitrogens with one attached hydrogen (secondary N) is 2. The van der Waals surface area contributed by atoms with Gasteiger partial charge in [0.05, 0.1) is 6.54 Å². The lowest BCUT2D eigenvalue weighted by molar-refractivity contribution is -0.120. The fourth-order valence-corrected chi connectivity index (χ4v) is 2.35. The van der Waals surface area contributed by atoms with Gasteiger partial charge in [-0.3, -0.25) is 9.59 Å². The lowest BCUT2D eigenvalue weighted by Crippen LogP contribution is -2.36. The highest BCUT2D eigenvalue weighted by molar-refractivity contribution is 5.94. The molecule has 0 spiro atoms. The quantitative estimate of drug-likeness (QED) is 0.799. The number of ketones is 1. The van der Waals surface area contributed by atoms with Crippen LogP contribution < -0.4 is 10.6 Å². The fraction of sp³-hybridized carbons (Fsp3) is 0.467. The zero-order valence-corrected chi connectivity index (χ0v) is 11.2. The van der Waals surface area contributed by atoms with Crippen LogP contribution in [0.1, 0.15) is 43.0 Å². The standard InChI is InChI=1S/C15H20N2O2/c1-11(18)12-6-8-13(9-7-12)16-10-15(19)17-14-4-2-3-5-14/h6-9,14,16H,2-5,10H2,1H3,(H,17,19). The second-order valence-electron chi connectivity index (χ2n) is 5.04. The molecule has 102 valence electrons. The first-order valence-corrected chi connectivity index (χ1v) is 6.79. The maximum absolute atomic E-state index is 11.7. The van der Waals surface area contributed by atoms with E-state index in [1.807, 2.05) is 12.1 Å². The lowest BCUT2D eigenvalue weighted by atomic mass is 10.1. The highest BCUT2D eigenvalue weighted by Crippen LogP contribution is 2.17. The van der Waals surface area contributed by atoms with Crippen molar-refractivity contribution in [1.82, 2.24) is 5.32 Å². The number of Topliss-reactive ketones (excluding diaryl/α,β-unsaturated/α-hetero) is 1. The molecule has 4 heteroatoms. The maximum atomic E-state index is 11.7. The van der Waals surface area contributed by atoms with Crippen LogP contribution in [0, 0.1) is 0 Å². The first kappa shape index (κ1) is 13.6. The van der Waals surface area contributed by atoms with E-state index in [-0.39, 0.29) is 18.2 Å². The number of benzene rings is 1. The molecule has 1 amide bonds. The van der Waals surface area contributed by atoms with Crippen molar-refractivity contribution in [3.8, 4) is 0 Å². The molecule has 0 aliphatic heterocycles. The van der Waals surface area contributed by atoms with E-state index in [0.717, 1.165) is 18.5 Å². The molecule has 2 rings (SSSR count). The zero-order chi connectivity index (χ0) is 13.7. The van der Waals surface area contributed by atoms with E-state index in [0.29, 0.717) is 11.6 Å². The van der Waals surface area contributed by atoms with Crippen molar-refractivity contribution in [2.45, 2.75) is 38.6 Å². The van der Waals surface area contributed by atoms with Crippen LogP contribution in [0.25, 0.3) is 0 Å². The molecule has 1 aliphatic carbocycles. The summed E-state index contributed by atoms with van der Waals surface area (Å²) in [6, 6.07) is 7.52. The van der Waals surface area contributed by atoms with Crippen LogP contribution in [-0.2, 0) is 4.79 Å². The molecule has 19 heavy (non-hydrogen) atoms. The molecule has 1 saturated carbocycles. The molecule has 0 bridgehead atoms. The molecule has 0 heterocycles. The van der Waals surface area contributed by atoms with Crippen LogP contribution in [0.3, 0.4) is 0 Å². The van der Waals surface area contributed by atoms with Gasteiger partial charge in [0.15, 0.2) is 5.78 Å². The summed E-state index contributed by atoms with van der Waals surface area (Å²) in [5, 5.41) is 6.08. The molecule has 0 aromatic heterocycles. The minimum atomic E-state index is 0.0301. The summed E-state index contributed by atoms with van der Waals surface area (Å²) in [7, 11) is 0. The summed E-state index contributed by atoms with van der Waals surface area (Å²) in [6.07, 6.45) is 4.62. The van der Waals surface area contributed by atoms with Crippen LogP contribution in [0.15, 0.2) is 24.3 Å². The Labute approximate surface area is 113 Å². The van der Waals surface area contributed by atoms with Gasteiger partial charge in [0.25, 0.3) is 0 Å². The Morgan fingerprint density at radius 3 is 2.37 bits per heavy atom. The summed E-state index contributed by atoms with van der Waals surface area (Å²) in [5.41, 5.74) is 1.53. The van der Waals surface area contributed by atoms with Gasteiger partial charge in [-0.1, -0.05) is 12.8 Å². The summed E-state index contributed by atoms with van der Waals surface area (Å²) in [5.74, 6) is 0.0769. The van der Waals surface area contributed by atoms with Crippen molar-refractivity contribution in [3.05, 3.63) is 29.8 Å². The Kier molecular flexibility index (Phi) is 4.55. The first-order valence-electron chi connectivity index (χ1n) is 6.79. The Bertz CT molecular complexity index is 448. The number of hydrogen-bond acceptors (Lipinski definition) is 3. The molecule has 1 aliphatic rings. The van der Waals surface area contributed by atoms with Gasteiger partial charge in [-0.2, -0.15) is 0 Å². The monoisotopic (exact) mass is 260 g/mol. The van der Waals surface area contributed by atoms with Crippen molar-refractivity contribution in [2.75, 3.05) is 11.9 Å². The molecule has 0 unspecified atom stereocenters. The molecule has 1 aromatic carbocycles. The minimum absolute atomic E-state index is 0.0301. The fourth-order valence-electron chi connectivity index (χ4n) is 2.35.